The molecule has 4 heteroatoms. The largest absolute Gasteiger partial charge is 0.478 e. The van der Waals surface area contributed by atoms with Gasteiger partial charge in [-0.3, -0.25) is 0 Å². The van der Waals surface area contributed by atoms with Crippen LogP contribution in [-0.4, -0.2) is 42.2 Å². The lowest BCUT2D eigenvalue weighted by Crippen LogP contribution is -2.56. The first-order valence-corrected chi connectivity index (χ1v) is 6.74. The highest BCUT2D eigenvalue weighted by Gasteiger charge is 2.38. The lowest BCUT2D eigenvalue weighted by Gasteiger charge is -2.47. The Morgan fingerprint density at radius 3 is 2.68 bits per heavy atom. The van der Waals surface area contributed by atoms with Gasteiger partial charge in [0, 0.05) is 18.6 Å². The monoisotopic (exact) mass is 262 g/mol. The molecule has 0 heterocycles. The molecule has 0 aliphatic heterocycles. The van der Waals surface area contributed by atoms with E-state index < -0.39 is 5.97 Å². The maximum absolute atomic E-state index is 10.9. The number of aromatic carboxylic acids is 1. The van der Waals surface area contributed by atoms with Crippen LogP contribution < -0.4 is 5.32 Å². The summed E-state index contributed by atoms with van der Waals surface area (Å²) >= 11 is 0. The van der Waals surface area contributed by atoms with E-state index >= 15 is 0 Å². The minimum absolute atomic E-state index is 0.296. The Hall–Kier alpha value is -1.39. The van der Waals surface area contributed by atoms with Crippen molar-refractivity contribution in [1.82, 2.24) is 10.2 Å². The summed E-state index contributed by atoms with van der Waals surface area (Å²) in [4.78, 5) is 13.2. The Morgan fingerprint density at radius 1 is 1.42 bits per heavy atom. The maximum atomic E-state index is 10.9. The molecule has 104 valence electrons. The Morgan fingerprint density at radius 2 is 2.16 bits per heavy atom. The molecular formula is C15H22N2O2. The number of nitrogens with zero attached hydrogens (tertiary/aromatic N) is 1. The van der Waals surface area contributed by atoms with Crippen molar-refractivity contribution in [2.45, 2.75) is 31.3 Å². The number of carboxylic acid groups (broad SMARTS) is 1. The van der Waals surface area contributed by atoms with E-state index in [0.717, 1.165) is 18.7 Å². The summed E-state index contributed by atoms with van der Waals surface area (Å²) in [5.74, 6) is -0.870. The van der Waals surface area contributed by atoms with Crippen LogP contribution in [0.3, 0.4) is 0 Å². The highest BCUT2D eigenvalue weighted by Crippen LogP contribution is 2.35. The van der Waals surface area contributed by atoms with Crippen LogP contribution in [-0.2, 0) is 6.54 Å². The lowest BCUT2D eigenvalue weighted by atomic mass is 9.75. The fourth-order valence-electron chi connectivity index (χ4n) is 2.62. The average molecular weight is 262 g/mol. The predicted octanol–water partition coefficient (Wildman–Crippen LogP) is 1.96. The van der Waals surface area contributed by atoms with Crippen LogP contribution >= 0.6 is 0 Å². The van der Waals surface area contributed by atoms with Gasteiger partial charge in [-0.2, -0.15) is 0 Å². The third-order valence-corrected chi connectivity index (χ3v) is 4.19. The van der Waals surface area contributed by atoms with Gasteiger partial charge in [0.15, 0.2) is 0 Å². The summed E-state index contributed by atoms with van der Waals surface area (Å²) < 4.78 is 0. The van der Waals surface area contributed by atoms with Gasteiger partial charge in [0.2, 0.25) is 0 Å². The normalized spacial score (nSPS) is 17.2. The molecule has 0 saturated heterocycles. The van der Waals surface area contributed by atoms with Gasteiger partial charge >= 0.3 is 5.97 Å². The van der Waals surface area contributed by atoms with Crippen molar-refractivity contribution in [2.24, 2.45) is 0 Å². The topological polar surface area (TPSA) is 52.6 Å². The smallest absolute Gasteiger partial charge is 0.335 e. The second-order valence-corrected chi connectivity index (χ2v) is 5.58. The molecule has 0 unspecified atom stereocenters. The van der Waals surface area contributed by atoms with Gasteiger partial charge in [-0.05, 0) is 51.1 Å². The minimum Gasteiger partial charge on any atom is -0.478 e. The fourth-order valence-corrected chi connectivity index (χ4v) is 2.62. The Balaban J connectivity index is 1.89. The summed E-state index contributed by atoms with van der Waals surface area (Å²) in [5, 5.41) is 12.4. The Labute approximate surface area is 114 Å². The number of carbonyl (C=O) groups is 1. The molecule has 1 aliphatic rings. The molecule has 0 spiro atoms. The van der Waals surface area contributed by atoms with Gasteiger partial charge in [0.1, 0.15) is 0 Å². The molecule has 2 rings (SSSR count). The SMILES string of the molecule is CN(C)C1(CNCc2cccc(C(=O)O)c2)CCC1. The van der Waals surface area contributed by atoms with Crippen molar-refractivity contribution in [2.75, 3.05) is 20.6 Å². The first-order chi connectivity index (χ1) is 9.03. The van der Waals surface area contributed by atoms with E-state index in [1.54, 1.807) is 18.2 Å². The number of nitrogens with one attached hydrogen (secondary N) is 1. The highest BCUT2D eigenvalue weighted by molar-refractivity contribution is 5.87. The number of carboxylic acids is 1. The second-order valence-electron chi connectivity index (χ2n) is 5.58. The zero-order chi connectivity index (χ0) is 13.9. The Kier molecular flexibility index (Phi) is 4.22. The number of rotatable bonds is 6. The van der Waals surface area contributed by atoms with E-state index in [1.165, 1.54) is 19.3 Å². The van der Waals surface area contributed by atoms with Crippen molar-refractivity contribution in [3.63, 3.8) is 0 Å². The maximum Gasteiger partial charge on any atom is 0.335 e. The molecule has 0 radical (unpaired) electrons. The van der Waals surface area contributed by atoms with E-state index in [0.29, 0.717) is 11.1 Å². The average Bonchev–Trinajstić information content (AvgIpc) is 2.32. The lowest BCUT2D eigenvalue weighted by molar-refractivity contribution is 0.0598. The quantitative estimate of drug-likeness (QED) is 0.823. The van der Waals surface area contributed by atoms with Gasteiger partial charge in [-0.25, -0.2) is 4.79 Å². The number of hydrogen-bond donors (Lipinski definition) is 2. The molecule has 1 fully saturated rings. The van der Waals surface area contributed by atoms with Crippen molar-refractivity contribution in [3.8, 4) is 0 Å². The van der Waals surface area contributed by atoms with Crippen LogP contribution in [0.4, 0.5) is 0 Å². The van der Waals surface area contributed by atoms with Crippen LogP contribution in [0.5, 0.6) is 0 Å². The summed E-state index contributed by atoms with van der Waals surface area (Å²) in [6, 6.07) is 7.12. The first-order valence-electron chi connectivity index (χ1n) is 6.74. The molecule has 0 bridgehead atoms. The molecule has 19 heavy (non-hydrogen) atoms. The zero-order valence-electron chi connectivity index (χ0n) is 11.6. The van der Waals surface area contributed by atoms with E-state index in [-0.39, 0.29) is 0 Å². The molecule has 1 aliphatic carbocycles. The zero-order valence-corrected chi connectivity index (χ0v) is 11.6. The summed E-state index contributed by atoms with van der Waals surface area (Å²) in [6.45, 7) is 1.67. The van der Waals surface area contributed by atoms with Crippen LogP contribution in [0.1, 0.15) is 35.2 Å². The van der Waals surface area contributed by atoms with Gasteiger partial charge in [0.25, 0.3) is 0 Å². The number of benzene rings is 1. The van der Waals surface area contributed by atoms with Crippen LogP contribution in [0.25, 0.3) is 0 Å². The molecule has 1 aromatic carbocycles. The number of hydrogen-bond acceptors (Lipinski definition) is 3. The van der Waals surface area contributed by atoms with Gasteiger partial charge in [-0.15, -0.1) is 0 Å². The van der Waals surface area contributed by atoms with Crippen molar-refractivity contribution >= 4 is 5.97 Å². The van der Waals surface area contributed by atoms with Crippen LogP contribution in [0.2, 0.25) is 0 Å². The van der Waals surface area contributed by atoms with Crippen molar-refractivity contribution in [3.05, 3.63) is 35.4 Å². The summed E-state index contributed by atoms with van der Waals surface area (Å²) in [5.41, 5.74) is 1.67. The van der Waals surface area contributed by atoms with Crippen LogP contribution in [0.15, 0.2) is 24.3 Å². The highest BCUT2D eigenvalue weighted by atomic mass is 16.4. The molecule has 1 aromatic rings. The molecule has 2 N–H and O–H groups in total. The predicted molar refractivity (Wildman–Crippen MR) is 75.4 cm³/mol. The molecule has 0 aromatic heterocycles. The molecule has 0 amide bonds. The second kappa shape index (κ2) is 5.72. The standard InChI is InChI=1S/C15H22N2O2/c1-17(2)15(7-4-8-15)11-16-10-12-5-3-6-13(9-12)14(18)19/h3,5-6,9,16H,4,7-8,10-11H2,1-2H3,(H,18,19). The van der Waals surface area contributed by atoms with E-state index in [2.05, 4.69) is 24.3 Å². The van der Waals surface area contributed by atoms with Gasteiger partial charge in [-0.1, -0.05) is 12.1 Å². The first kappa shape index (κ1) is 14.0. The molecule has 4 nitrogen and oxygen atoms in total. The van der Waals surface area contributed by atoms with E-state index in [4.69, 9.17) is 5.11 Å². The van der Waals surface area contributed by atoms with Gasteiger partial charge < -0.3 is 15.3 Å². The number of likely N-dealkylation sites (N-methyl/N-ethyl adjacent to an activating group) is 1. The van der Waals surface area contributed by atoms with E-state index in [9.17, 15) is 4.79 Å². The fraction of sp³-hybridized carbons (Fsp3) is 0.533. The minimum atomic E-state index is -0.870. The molecular weight excluding hydrogens is 240 g/mol. The van der Waals surface area contributed by atoms with Gasteiger partial charge in [0.05, 0.1) is 5.56 Å². The molecule has 0 atom stereocenters. The molecule has 1 saturated carbocycles. The van der Waals surface area contributed by atoms with Crippen LogP contribution in [0, 0.1) is 0 Å². The van der Waals surface area contributed by atoms with Crippen molar-refractivity contribution in [1.29, 1.82) is 0 Å². The third-order valence-electron chi connectivity index (χ3n) is 4.19. The Bertz CT molecular complexity index is 453. The third kappa shape index (κ3) is 3.14. The van der Waals surface area contributed by atoms with E-state index in [1.807, 2.05) is 6.07 Å². The summed E-state index contributed by atoms with van der Waals surface area (Å²) in [6.07, 6.45) is 3.78. The van der Waals surface area contributed by atoms with Crippen molar-refractivity contribution < 1.29 is 9.90 Å². The summed E-state index contributed by atoms with van der Waals surface area (Å²) in [7, 11) is 4.26.